The van der Waals surface area contributed by atoms with Crippen molar-refractivity contribution in [2.24, 2.45) is 44.6 Å². The van der Waals surface area contributed by atoms with Crippen molar-refractivity contribution in [1.29, 1.82) is 0 Å². The first-order valence-electron chi connectivity index (χ1n) is 32.2. The summed E-state index contributed by atoms with van der Waals surface area (Å²) in [4.78, 5) is 140. The Bertz CT molecular complexity index is 3260. The van der Waals surface area contributed by atoms with Gasteiger partial charge in [-0.1, -0.05) is 74.5 Å². The summed E-state index contributed by atoms with van der Waals surface area (Å²) in [5.41, 5.74) is 31.4. The van der Waals surface area contributed by atoms with Gasteiger partial charge < -0.3 is 104 Å². The van der Waals surface area contributed by atoms with Crippen LogP contribution in [-0.4, -0.2) is 191 Å². The van der Waals surface area contributed by atoms with Gasteiger partial charge in [0.05, 0.1) is 11.8 Å². The van der Waals surface area contributed by atoms with Crippen molar-refractivity contribution in [1.82, 2.24) is 47.1 Å². The van der Waals surface area contributed by atoms with E-state index in [4.69, 9.17) is 44.8 Å². The van der Waals surface area contributed by atoms with Crippen LogP contribution in [0.1, 0.15) is 94.7 Å². The van der Waals surface area contributed by atoms with E-state index >= 15 is 9.59 Å². The third-order valence-electron chi connectivity index (χ3n) is 16.0. The van der Waals surface area contributed by atoms with Gasteiger partial charge in [0.2, 0.25) is 53.2 Å². The van der Waals surface area contributed by atoms with E-state index < -0.39 is 138 Å². The third kappa shape index (κ3) is 27.2. The summed E-state index contributed by atoms with van der Waals surface area (Å²) in [6, 6.07) is 8.79. The molecule has 530 valence electrons. The second kappa shape index (κ2) is 43.4. The van der Waals surface area contributed by atoms with Crippen LogP contribution in [0.25, 0.3) is 10.9 Å². The summed E-state index contributed by atoms with van der Waals surface area (Å²) in [6.45, 7) is 3.85. The number of primary amides is 1. The van der Waals surface area contributed by atoms with E-state index in [2.05, 4.69) is 52.2 Å². The summed E-state index contributed by atoms with van der Waals surface area (Å²) < 4.78 is 8.22. The number of phenolic OH excluding ortho intramolecular Hbond substituents is 1. The number of benzene rings is 3. The Balaban J connectivity index is 0.00000990. The summed E-state index contributed by atoms with van der Waals surface area (Å²) >= 11 is 7.07. The number of para-hydroxylation sites is 1. The van der Waals surface area contributed by atoms with E-state index in [9.17, 15) is 48.9 Å². The van der Waals surface area contributed by atoms with Crippen LogP contribution in [0, 0.1) is 5.92 Å². The van der Waals surface area contributed by atoms with Crippen molar-refractivity contribution < 1.29 is 80.8 Å². The molecule has 1 fully saturated rings. The molecule has 4 aromatic rings. The number of unbranched alkanes of at least 4 members (excludes halogenated alkanes) is 3. The van der Waals surface area contributed by atoms with E-state index in [1.54, 1.807) is 62.5 Å². The third-order valence-corrected chi connectivity index (χ3v) is 17.3. The molecule has 1 aromatic heterocycles. The molecule has 0 bridgehead atoms. The zero-order chi connectivity index (χ0) is 71.6. The van der Waals surface area contributed by atoms with Crippen molar-refractivity contribution in [3.8, 4) is 5.75 Å². The molecule has 2 heterocycles. The molecule has 1 saturated heterocycles. The zero-order valence-electron chi connectivity index (χ0n) is 54.8. The molecule has 10 unspecified atom stereocenters. The van der Waals surface area contributed by atoms with Crippen LogP contribution in [-0.2, 0) is 97.4 Å². The first-order chi connectivity index (χ1) is 46.5. The molecule has 0 spiro atoms. The molecule has 0 radical (unpaired) electrons. The van der Waals surface area contributed by atoms with Crippen LogP contribution in [0.15, 0.2) is 95.0 Å². The topological polar surface area (TPSA) is 495 Å². The number of aromatic hydroxyl groups is 1. The van der Waals surface area contributed by atoms with Crippen molar-refractivity contribution >= 4 is 100 Å². The van der Waals surface area contributed by atoms with Crippen LogP contribution in [0.3, 0.4) is 0 Å². The number of fused-ring (bicyclic) bond motifs is 1. The number of hydrogen-bond acceptors (Lipinski definition) is 21. The van der Waals surface area contributed by atoms with Gasteiger partial charge in [-0.3, -0.25) is 53.1 Å². The summed E-state index contributed by atoms with van der Waals surface area (Å²) in [7, 11) is 1.38. The molecular weight excluding hydrogens is 1380 g/mol. The van der Waals surface area contributed by atoms with Crippen LogP contribution in [0.2, 0.25) is 0 Å². The van der Waals surface area contributed by atoms with E-state index in [-0.39, 0.29) is 81.0 Å². The van der Waals surface area contributed by atoms with Crippen molar-refractivity contribution in [3.63, 3.8) is 0 Å². The van der Waals surface area contributed by atoms with Crippen LogP contribution >= 0.6 is 11.8 Å². The Morgan fingerprint density at radius 1 is 0.680 bits per heavy atom. The van der Waals surface area contributed by atoms with Gasteiger partial charge in [-0.05, 0) is 142 Å². The van der Waals surface area contributed by atoms with Crippen molar-refractivity contribution in [2.75, 3.05) is 50.5 Å². The standard InChI is InChI=1S/C65H96N16O12S2.O.Tc/c1-38(2)55-64(92)76-49(26-30-95-37-54(83)72-35-44(69)57(85)74-47(20-10-13-28-67)58(86)79-52(36-94)62(90)73-46(56(70)84)19-9-12-27-66)65(93)81(3)53(32-39-15-5-4-6-16-39)63(91)78-50(31-40-22-24-42(82)25-23-40)60(88)77-51(33-41-34-71-45-18-8-7-17-43(41)45)61(89)75-48(59(87)80-55)21-11-14-29-68;;/h4-8,15-18,22-25,34,38,44,46-53,55,71,82,94H,9-14,19-21,26-33,35-37,66-69H2,1-3H3,(H2,70,84)(H,72,83)(H,73,90)(H,74,85)(H,75,89)(H,76,92)(H,77,88)(H,78,91)(H,79,86)(H,80,87);;/q;;+3/p-3/i;;1+1. The van der Waals surface area contributed by atoms with Gasteiger partial charge in [-0.15, -0.1) is 5.75 Å². The average Bonchev–Trinajstić information content (AvgIpc) is 1.76. The molecule has 3 aromatic carbocycles. The fourth-order valence-electron chi connectivity index (χ4n) is 10.5. The van der Waals surface area contributed by atoms with E-state index in [0.717, 1.165) is 41.5 Å². The molecule has 19 N–H and O–H groups in total. The van der Waals surface area contributed by atoms with Crippen LogP contribution in [0.4, 0.5) is 0 Å². The normalized spacial score (nSPS) is 19.9. The van der Waals surface area contributed by atoms with Gasteiger partial charge in [0, 0.05) is 56.0 Å². The molecular formula is C65H93N16O13S2Tc. The number of phenols is 1. The van der Waals surface area contributed by atoms with Crippen LogP contribution < -0.4 is 76.1 Å². The number of nitrogens with two attached hydrogens (primary N) is 5. The van der Waals surface area contributed by atoms with E-state index in [1.807, 2.05) is 24.3 Å². The number of aromatic nitrogens is 1. The van der Waals surface area contributed by atoms with E-state index in [0.29, 0.717) is 61.8 Å². The number of nitrogens with one attached hydrogen (secondary N) is 8. The molecule has 32 heteroatoms. The molecule has 97 heavy (non-hydrogen) atoms. The zero-order valence-corrected chi connectivity index (χ0v) is 58.3. The average molecular weight is 1470 g/mol. The maximum atomic E-state index is 15.2. The monoisotopic (exact) mass is 1470 g/mol. The summed E-state index contributed by atoms with van der Waals surface area (Å²) in [5, 5.41) is 57.2. The number of nitrogens with zero attached hydrogens (tertiary/aromatic N) is 3. The number of rotatable bonds is 34. The van der Waals surface area contributed by atoms with Gasteiger partial charge in [-0.2, -0.15) is 11.8 Å². The fraction of sp³-hybridized carbons (Fsp3) is 0.523. The summed E-state index contributed by atoms with van der Waals surface area (Å²) in [6.07, 6.45) is 4.31. The van der Waals surface area contributed by atoms with Crippen LogP contribution in [0.5, 0.6) is 5.75 Å². The molecule has 10 atom stereocenters. The number of H-pyrrole nitrogens is 1. The second-order valence-corrected chi connectivity index (χ2v) is 25.2. The minimum absolute atomic E-state index is 0.00855. The predicted octanol–water partition coefficient (Wildman–Crippen LogP) is -2.57. The number of thioether (sulfide) groups is 1. The molecule has 0 saturated carbocycles. The quantitative estimate of drug-likeness (QED) is 0.00989. The number of amides is 9. The minimum atomic E-state index is -1.44. The Labute approximate surface area is 585 Å². The fourth-order valence-corrected chi connectivity index (χ4v) is 11.6. The number of aliphatic imine (C=N–C) groups is 2. The van der Waals surface area contributed by atoms with Gasteiger partial charge in [-0.25, -0.2) is 0 Å². The Morgan fingerprint density at radius 2 is 1.25 bits per heavy atom. The first-order valence-corrected chi connectivity index (χ1v) is 34.7. The van der Waals surface area contributed by atoms with Gasteiger partial charge in [0.25, 0.3) is 0 Å². The number of aromatic amines is 1. The van der Waals surface area contributed by atoms with Gasteiger partial charge in [0.15, 0.2) is 0 Å². The number of hydrogen-bond donors (Lipinski definition) is 14. The second-order valence-electron chi connectivity index (χ2n) is 23.8. The molecule has 5 rings (SSSR count). The van der Waals surface area contributed by atoms with Crippen molar-refractivity contribution in [2.45, 2.75) is 158 Å². The Hall–Kier alpha value is -7.84. The van der Waals surface area contributed by atoms with Gasteiger partial charge >= 0.3 is 22.4 Å². The number of carbonyl (C=O) groups excluding carboxylic acids is 9. The maximum absolute atomic E-state index is 15.2. The SMILES string of the molecule is CC(C)C1NC(=O)C(CCCCN)NC(=O)C(Cc2c[nH]c3ccccc23)NC(=O)C(Cc2ccc(O)cc2)NC(=O)C(Cc2ccccc2)N(C)C(=O)C(CCSCC(=O)NCC(N)C([O-])=NC(CCCCN)C([O-])=NC(C[S-])C(=O)NC(CCCCN)C(N)=O)NC1=O.[O]=[99Tc+3]. The first kappa shape index (κ1) is 81.6. The molecule has 1 aliphatic rings. The number of carbonyl (C=O) groups is 9. The molecule has 1 aliphatic heterocycles. The molecule has 0 aliphatic carbocycles. The van der Waals surface area contributed by atoms with E-state index in [1.165, 1.54) is 24.1 Å². The summed E-state index contributed by atoms with van der Waals surface area (Å²) in [5.74, 6) is -9.85. The number of likely N-dealkylation sites (N-methyl/N-ethyl adjacent to an activating group) is 1. The van der Waals surface area contributed by atoms with Gasteiger partial charge in [0.1, 0.15) is 54.1 Å². The Morgan fingerprint density at radius 3 is 1.89 bits per heavy atom. The molecule has 9 amide bonds. The predicted molar refractivity (Wildman–Crippen MR) is 363 cm³/mol. The Kier molecular flexibility index (Phi) is 36.5. The van der Waals surface area contributed by atoms with Crippen molar-refractivity contribution in [3.05, 3.63) is 102 Å². The molecule has 29 nitrogen and oxygen atoms in total.